The first-order valence-corrected chi connectivity index (χ1v) is 11.8. The van der Waals surface area contributed by atoms with Crippen LogP contribution >= 0.6 is 0 Å². The zero-order chi connectivity index (χ0) is 22.9. The predicted molar refractivity (Wildman–Crippen MR) is 117 cm³/mol. The van der Waals surface area contributed by atoms with Gasteiger partial charge in [0.2, 0.25) is 15.9 Å². The normalized spacial score (nSPS) is 19.5. The average Bonchev–Trinajstić information content (AvgIpc) is 3.42. The Morgan fingerprint density at radius 2 is 1.72 bits per heavy atom. The van der Waals surface area contributed by atoms with E-state index in [-0.39, 0.29) is 22.8 Å². The molecule has 2 heterocycles. The van der Waals surface area contributed by atoms with Crippen molar-refractivity contribution in [2.75, 3.05) is 18.0 Å². The number of hydrogen-bond acceptors (Lipinski definition) is 6. The third kappa shape index (κ3) is 4.29. The smallest absolute Gasteiger partial charge is 0.265 e. The highest BCUT2D eigenvalue weighted by molar-refractivity contribution is 7.89. The maximum atomic E-state index is 12.7. The Kier molecular flexibility index (Phi) is 6.09. The van der Waals surface area contributed by atoms with Crippen LogP contribution in [0.25, 0.3) is 0 Å². The van der Waals surface area contributed by atoms with Gasteiger partial charge < -0.3 is 0 Å². The third-order valence-electron chi connectivity index (χ3n) is 5.60. The van der Waals surface area contributed by atoms with Crippen molar-refractivity contribution < 1.29 is 22.8 Å². The zero-order valence-corrected chi connectivity index (χ0v) is 18.4. The number of nitrogens with one attached hydrogen (secondary N) is 2. The number of benzene rings is 2. The van der Waals surface area contributed by atoms with Crippen LogP contribution in [0.2, 0.25) is 0 Å². The zero-order valence-electron chi connectivity index (χ0n) is 17.6. The molecule has 168 valence electrons. The van der Waals surface area contributed by atoms with Gasteiger partial charge in [0, 0.05) is 18.7 Å². The van der Waals surface area contributed by atoms with Gasteiger partial charge in [0.05, 0.1) is 17.0 Å². The van der Waals surface area contributed by atoms with Crippen LogP contribution in [0, 0.1) is 6.92 Å². The summed E-state index contributed by atoms with van der Waals surface area (Å²) in [5.41, 5.74) is 6.64. The highest BCUT2D eigenvalue weighted by Crippen LogP contribution is 2.24. The number of nitrogens with zero attached hydrogens (tertiary/aromatic N) is 2. The molecule has 2 aromatic carbocycles. The summed E-state index contributed by atoms with van der Waals surface area (Å²) in [5.74, 6) is -1.44. The Morgan fingerprint density at radius 3 is 2.41 bits per heavy atom. The van der Waals surface area contributed by atoms with E-state index < -0.39 is 27.9 Å². The first-order valence-electron chi connectivity index (χ1n) is 10.4. The van der Waals surface area contributed by atoms with Gasteiger partial charge in [-0.05, 0) is 50.1 Å². The molecule has 0 aliphatic carbocycles. The number of amides is 3. The second kappa shape index (κ2) is 8.81. The first kappa shape index (κ1) is 22.1. The van der Waals surface area contributed by atoms with Crippen molar-refractivity contribution in [3.8, 4) is 0 Å². The molecule has 32 heavy (non-hydrogen) atoms. The number of sulfonamides is 1. The average molecular weight is 457 g/mol. The van der Waals surface area contributed by atoms with Gasteiger partial charge in [-0.1, -0.05) is 23.8 Å². The molecule has 2 aliphatic heterocycles. The Balaban J connectivity index is 1.42. The topological polar surface area (TPSA) is 116 Å². The molecule has 4 rings (SSSR count). The van der Waals surface area contributed by atoms with Crippen molar-refractivity contribution in [2.45, 2.75) is 37.1 Å². The second-order valence-electron chi connectivity index (χ2n) is 7.90. The van der Waals surface area contributed by atoms with Crippen LogP contribution in [0.15, 0.2) is 53.4 Å². The largest absolute Gasteiger partial charge is 0.287 e. The van der Waals surface area contributed by atoms with E-state index in [1.807, 2.05) is 19.1 Å². The maximum absolute atomic E-state index is 12.7. The number of hydrazine groups is 1. The summed E-state index contributed by atoms with van der Waals surface area (Å²) in [5, 5.41) is 0. The fourth-order valence-corrected chi connectivity index (χ4v) is 5.37. The van der Waals surface area contributed by atoms with E-state index in [9.17, 15) is 22.8 Å². The van der Waals surface area contributed by atoms with E-state index in [2.05, 4.69) is 10.9 Å². The van der Waals surface area contributed by atoms with Gasteiger partial charge in [0.1, 0.15) is 6.04 Å². The number of carbonyl (C=O) groups excluding carboxylic acids is 3. The van der Waals surface area contributed by atoms with Gasteiger partial charge in [-0.3, -0.25) is 19.8 Å². The van der Waals surface area contributed by atoms with Gasteiger partial charge >= 0.3 is 0 Å². The van der Waals surface area contributed by atoms with Crippen LogP contribution in [0.1, 0.15) is 35.2 Å². The molecule has 0 spiro atoms. The lowest BCUT2D eigenvalue weighted by molar-refractivity contribution is -0.121. The van der Waals surface area contributed by atoms with E-state index in [1.165, 1.54) is 28.6 Å². The van der Waals surface area contributed by atoms with E-state index in [0.29, 0.717) is 18.8 Å². The van der Waals surface area contributed by atoms with Crippen molar-refractivity contribution in [3.63, 3.8) is 0 Å². The summed E-state index contributed by atoms with van der Waals surface area (Å²) in [6, 6.07) is 11.8. The van der Waals surface area contributed by atoms with Crippen LogP contribution in [0.4, 0.5) is 5.69 Å². The molecule has 3 amide bonds. The standard InChI is InChI=1S/C22H24N4O5S/c1-15-7-9-17(10-8-15)26-20(27)14-19(22(26)29)23-24-21(28)16-5-4-6-18(13-16)32(30,31)25-11-2-3-12-25/h4-10,13,19,23H,2-3,11-12,14H2,1H3,(H,24,28)/t19-/m1/s1. The minimum absolute atomic E-state index is 0.0460. The molecule has 2 fully saturated rings. The third-order valence-corrected chi connectivity index (χ3v) is 7.49. The molecule has 0 bridgehead atoms. The molecular formula is C22H24N4O5S. The number of imide groups is 1. The van der Waals surface area contributed by atoms with Crippen LogP contribution in [-0.4, -0.2) is 49.6 Å². The summed E-state index contributed by atoms with van der Waals surface area (Å²) in [4.78, 5) is 38.8. The minimum atomic E-state index is -3.65. The summed E-state index contributed by atoms with van der Waals surface area (Å²) in [6.45, 7) is 2.84. The van der Waals surface area contributed by atoms with Crippen LogP contribution in [-0.2, 0) is 19.6 Å². The highest BCUT2D eigenvalue weighted by Gasteiger charge is 2.39. The summed E-state index contributed by atoms with van der Waals surface area (Å²) < 4.78 is 26.9. The molecular weight excluding hydrogens is 432 g/mol. The predicted octanol–water partition coefficient (Wildman–Crippen LogP) is 1.35. The van der Waals surface area contributed by atoms with Gasteiger partial charge in [-0.25, -0.2) is 18.7 Å². The fourth-order valence-electron chi connectivity index (χ4n) is 3.81. The van der Waals surface area contributed by atoms with Crippen molar-refractivity contribution >= 4 is 33.4 Å². The van der Waals surface area contributed by atoms with Gasteiger partial charge in [0.15, 0.2) is 0 Å². The molecule has 2 aromatic rings. The summed E-state index contributed by atoms with van der Waals surface area (Å²) >= 11 is 0. The van der Waals surface area contributed by atoms with Crippen molar-refractivity contribution in [3.05, 3.63) is 59.7 Å². The van der Waals surface area contributed by atoms with Crippen LogP contribution < -0.4 is 15.8 Å². The molecule has 0 unspecified atom stereocenters. The van der Waals surface area contributed by atoms with E-state index in [4.69, 9.17) is 0 Å². The van der Waals surface area contributed by atoms with Crippen molar-refractivity contribution in [1.29, 1.82) is 0 Å². The second-order valence-corrected chi connectivity index (χ2v) is 9.84. The SMILES string of the molecule is Cc1ccc(N2C(=O)C[C@@H](NNC(=O)c3cccc(S(=O)(=O)N4CCCC4)c3)C2=O)cc1. The van der Waals surface area contributed by atoms with Gasteiger partial charge in [-0.2, -0.15) is 4.31 Å². The Morgan fingerprint density at radius 1 is 1.03 bits per heavy atom. The van der Waals surface area contributed by atoms with Gasteiger partial charge in [-0.15, -0.1) is 0 Å². The summed E-state index contributed by atoms with van der Waals surface area (Å²) in [7, 11) is -3.65. The van der Waals surface area contributed by atoms with E-state index >= 15 is 0 Å². The monoisotopic (exact) mass is 456 g/mol. The van der Waals surface area contributed by atoms with Crippen LogP contribution in [0.3, 0.4) is 0 Å². The van der Waals surface area contributed by atoms with Crippen molar-refractivity contribution in [2.24, 2.45) is 0 Å². The molecule has 9 nitrogen and oxygen atoms in total. The van der Waals surface area contributed by atoms with E-state index in [0.717, 1.165) is 23.3 Å². The molecule has 2 aliphatic rings. The minimum Gasteiger partial charge on any atom is -0.287 e. The molecule has 0 aromatic heterocycles. The maximum Gasteiger partial charge on any atom is 0.265 e. The Hall–Kier alpha value is -3.08. The number of rotatable bonds is 6. The molecule has 2 N–H and O–H groups in total. The lowest BCUT2D eigenvalue weighted by Crippen LogP contribution is -2.48. The number of hydrogen-bond donors (Lipinski definition) is 2. The lowest BCUT2D eigenvalue weighted by Gasteiger charge is -2.17. The number of anilines is 1. The molecule has 1 atom stereocenters. The quantitative estimate of drug-likeness (QED) is 0.501. The summed E-state index contributed by atoms with van der Waals surface area (Å²) in [6.07, 6.45) is 1.53. The first-order chi connectivity index (χ1) is 15.3. The highest BCUT2D eigenvalue weighted by atomic mass is 32.2. The molecule has 10 heteroatoms. The molecule has 0 saturated carbocycles. The number of carbonyl (C=O) groups is 3. The van der Waals surface area contributed by atoms with Crippen molar-refractivity contribution in [1.82, 2.24) is 15.2 Å². The van der Waals surface area contributed by atoms with Gasteiger partial charge in [0.25, 0.3) is 11.8 Å². The Labute approximate surface area is 186 Å². The molecule has 2 saturated heterocycles. The van der Waals surface area contributed by atoms with Crippen LogP contribution in [0.5, 0.6) is 0 Å². The number of aryl methyl sites for hydroxylation is 1. The molecule has 0 radical (unpaired) electrons. The fraction of sp³-hybridized carbons (Fsp3) is 0.318. The Bertz CT molecular complexity index is 1160. The lowest BCUT2D eigenvalue weighted by atomic mass is 10.2. The van der Waals surface area contributed by atoms with E-state index in [1.54, 1.807) is 12.1 Å².